The number of hydrogen-bond donors (Lipinski definition) is 1. The first-order valence-electron chi connectivity index (χ1n) is 7.10. The highest BCUT2D eigenvalue weighted by Crippen LogP contribution is 2.27. The lowest BCUT2D eigenvalue weighted by atomic mass is 10.1. The van der Waals surface area contributed by atoms with Gasteiger partial charge in [0.05, 0.1) is 17.1 Å². The second kappa shape index (κ2) is 8.17. The maximum absolute atomic E-state index is 12.0. The van der Waals surface area contributed by atoms with E-state index in [0.29, 0.717) is 30.0 Å². The van der Waals surface area contributed by atoms with Crippen molar-refractivity contribution in [3.8, 4) is 5.75 Å². The van der Waals surface area contributed by atoms with E-state index in [1.807, 2.05) is 20.8 Å². The molecule has 1 rings (SSSR count). The Hall–Kier alpha value is -1.36. The van der Waals surface area contributed by atoms with E-state index in [2.05, 4.69) is 21.2 Å². The minimum atomic E-state index is -0.256. The van der Waals surface area contributed by atoms with Crippen molar-refractivity contribution in [3.05, 3.63) is 23.8 Å². The summed E-state index contributed by atoms with van der Waals surface area (Å²) in [5, 5.41) is 2.84. The molecule has 0 saturated carbocycles. The summed E-state index contributed by atoms with van der Waals surface area (Å²) in [4.78, 5) is 23.6. The third kappa shape index (κ3) is 5.50. The van der Waals surface area contributed by atoms with Crippen molar-refractivity contribution in [1.29, 1.82) is 0 Å². The third-order valence-corrected chi connectivity index (χ3v) is 3.21. The molecule has 0 aliphatic rings. The Morgan fingerprint density at radius 1 is 1.29 bits per heavy atom. The molecule has 0 aliphatic heterocycles. The summed E-state index contributed by atoms with van der Waals surface area (Å²) in [5.41, 5.74) is 1.16. The number of amides is 1. The van der Waals surface area contributed by atoms with Gasteiger partial charge in [-0.1, -0.05) is 29.8 Å². The van der Waals surface area contributed by atoms with Crippen LogP contribution in [0.3, 0.4) is 0 Å². The van der Waals surface area contributed by atoms with Gasteiger partial charge < -0.3 is 10.1 Å². The summed E-state index contributed by atoms with van der Waals surface area (Å²) in [5.74, 6) is 0.735. The molecule has 1 unspecified atom stereocenters. The lowest BCUT2D eigenvalue weighted by molar-refractivity contribution is -0.116. The average Bonchev–Trinajstić information content (AvgIpc) is 2.39. The first kappa shape index (κ1) is 17.7. The largest absolute Gasteiger partial charge is 0.492 e. The lowest BCUT2D eigenvalue weighted by Gasteiger charge is -2.14. The number of ether oxygens (including phenoxy) is 1. The second-order valence-corrected chi connectivity index (χ2v) is 6.64. The molecule has 0 aromatic heterocycles. The van der Waals surface area contributed by atoms with Gasteiger partial charge in [-0.05, 0) is 38.0 Å². The Kier molecular flexibility index (Phi) is 6.89. The molecule has 0 fully saturated rings. The summed E-state index contributed by atoms with van der Waals surface area (Å²) < 4.78 is 5.53. The monoisotopic (exact) mass is 355 g/mol. The molecule has 1 amide bonds. The lowest BCUT2D eigenvalue weighted by Crippen LogP contribution is -2.15. The standard InChI is InChI=1S/C16H22BrNO3/c1-5-21-14-9-12(16(20)11(4)17)6-7-13(14)18-15(19)8-10(2)3/h6-7,9-11H,5,8H2,1-4H3,(H,18,19). The van der Waals surface area contributed by atoms with Gasteiger partial charge >= 0.3 is 0 Å². The number of benzene rings is 1. The van der Waals surface area contributed by atoms with Gasteiger partial charge in [0.15, 0.2) is 5.78 Å². The number of nitrogens with one attached hydrogen (secondary N) is 1. The molecule has 1 N–H and O–H groups in total. The zero-order valence-corrected chi connectivity index (χ0v) is 14.5. The van der Waals surface area contributed by atoms with Crippen LogP contribution in [0.15, 0.2) is 18.2 Å². The predicted octanol–water partition coefficient (Wildman–Crippen LogP) is 4.04. The number of carbonyl (C=O) groups is 2. The highest BCUT2D eigenvalue weighted by atomic mass is 79.9. The van der Waals surface area contributed by atoms with Crippen LogP contribution < -0.4 is 10.1 Å². The van der Waals surface area contributed by atoms with Crippen LogP contribution >= 0.6 is 15.9 Å². The third-order valence-electron chi connectivity index (χ3n) is 2.79. The fourth-order valence-electron chi connectivity index (χ4n) is 1.86. The van der Waals surface area contributed by atoms with Crippen LogP contribution in [0.4, 0.5) is 5.69 Å². The summed E-state index contributed by atoms with van der Waals surface area (Å²) >= 11 is 3.27. The van der Waals surface area contributed by atoms with Crippen molar-refractivity contribution >= 4 is 33.3 Å². The molecule has 1 atom stereocenters. The van der Waals surface area contributed by atoms with Crippen molar-refractivity contribution in [2.24, 2.45) is 5.92 Å². The number of ketones is 1. The van der Waals surface area contributed by atoms with E-state index in [-0.39, 0.29) is 22.4 Å². The van der Waals surface area contributed by atoms with Gasteiger partial charge in [0.25, 0.3) is 0 Å². The fourth-order valence-corrected chi connectivity index (χ4v) is 2.12. The van der Waals surface area contributed by atoms with Crippen LogP contribution in [0.5, 0.6) is 5.75 Å². The zero-order valence-electron chi connectivity index (χ0n) is 12.9. The van der Waals surface area contributed by atoms with Crippen LogP contribution in [0, 0.1) is 5.92 Å². The number of Topliss-reactive ketones (excluding diaryl/α,β-unsaturated/α-hetero) is 1. The first-order valence-corrected chi connectivity index (χ1v) is 8.01. The minimum Gasteiger partial charge on any atom is -0.492 e. The fraction of sp³-hybridized carbons (Fsp3) is 0.500. The van der Waals surface area contributed by atoms with E-state index in [9.17, 15) is 9.59 Å². The molecule has 4 nitrogen and oxygen atoms in total. The molecule has 1 aromatic rings. The van der Waals surface area contributed by atoms with E-state index in [1.165, 1.54) is 0 Å². The van der Waals surface area contributed by atoms with Crippen molar-refractivity contribution < 1.29 is 14.3 Å². The van der Waals surface area contributed by atoms with Crippen molar-refractivity contribution in [2.45, 2.75) is 38.9 Å². The molecule has 0 saturated heterocycles. The molecular weight excluding hydrogens is 334 g/mol. The van der Waals surface area contributed by atoms with Gasteiger partial charge in [-0.25, -0.2) is 0 Å². The van der Waals surface area contributed by atoms with Crippen molar-refractivity contribution in [3.63, 3.8) is 0 Å². The Bertz CT molecular complexity index is 512. The number of carbonyl (C=O) groups excluding carboxylic acids is 2. The van der Waals surface area contributed by atoms with Gasteiger partial charge in [0.1, 0.15) is 5.75 Å². The summed E-state index contributed by atoms with van der Waals surface area (Å²) in [6, 6.07) is 5.09. The van der Waals surface area contributed by atoms with E-state index in [4.69, 9.17) is 4.74 Å². The number of hydrogen-bond acceptors (Lipinski definition) is 3. The molecule has 0 spiro atoms. The molecule has 5 heteroatoms. The topological polar surface area (TPSA) is 55.4 Å². The quantitative estimate of drug-likeness (QED) is 0.593. The van der Waals surface area contributed by atoms with E-state index >= 15 is 0 Å². The van der Waals surface area contributed by atoms with Gasteiger partial charge in [-0.15, -0.1) is 0 Å². The Labute approximate surface area is 134 Å². The first-order chi connectivity index (χ1) is 9.85. The molecule has 0 radical (unpaired) electrons. The number of anilines is 1. The number of rotatable bonds is 7. The van der Waals surface area contributed by atoms with E-state index in [1.54, 1.807) is 25.1 Å². The van der Waals surface area contributed by atoms with Crippen molar-refractivity contribution in [2.75, 3.05) is 11.9 Å². The van der Waals surface area contributed by atoms with Crippen molar-refractivity contribution in [1.82, 2.24) is 0 Å². The maximum Gasteiger partial charge on any atom is 0.224 e. The van der Waals surface area contributed by atoms with Crippen LogP contribution in [-0.4, -0.2) is 23.1 Å². The smallest absolute Gasteiger partial charge is 0.224 e. The average molecular weight is 356 g/mol. The van der Waals surface area contributed by atoms with Gasteiger partial charge in [-0.3, -0.25) is 9.59 Å². The number of alkyl halides is 1. The zero-order chi connectivity index (χ0) is 16.0. The van der Waals surface area contributed by atoms with Crippen LogP contribution in [0.2, 0.25) is 0 Å². The summed E-state index contributed by atoms with van der Waals surface area (Å²) in [7, 11) is 0. The van der Waals surface area contributed by atoms with Gasteiger partial charge in [-0.2, -0.15) is 0 Å². The van der Waals surface area contributed by atoms with Crippen LogP contribution in [0.1, 0.15) is 44.5 Å². The maximum atomic E-state index is 12.0. The Balaban J connectivity index is 2.99. The number of halogens is 1. The molecule has 21 heavy (non-hydrogen) atoms. The Morgan fingerprint density at radius 3 is 2.48 bits per heavy atom. The highest BCUT2D eigenvalue weighted by Gasteiger charge is 2.16. The molecule has 0 aliphatic carbocycles. The predicted molar refractivity (Wildman–Crippen MR) is 88.4 cm³/mol. The SMILES string of the molecule is CCOc1cc(C(=O)C(C)Br)ccc1NC(=O)CC(C)C. The molecular formula is C16H22BrNO3. The molecule has 116 valence electrons. The second-order valence-electron chi connectivity index (χ2n) is 5.27. The van der Waals surface area contributed by atoms with Gasteiger partial charge in [0, 0.05) is 12.0 Å². The van der Waals surface area contributed by atoms with Gasteiger partial charge in [0.2, 0.25) is 5.91 Å². The summed E-state index contributed by atoms with van der Waals surface area (Å²) in [6.07, 6.45) is 0.449. The molecule has 0 heterocycles. The minimum absolute atomic E-state index is 0.0176. The molecule has 1 aromatic carbocycles. The molecule has 0 bridgehead atoms. The van der Waals surface area contributed by atoms with E-state index < -0.39 is 0 Å². The highest BCUT2D eigenvalue weighted by molar-refractivity contribution is 9.10. The van der Waals surface area contributed by atoms with Crippen LogP contribution in [0.25, 0.3) is 0 Å². The normalized spacial score (nSPS) is 12.1. The van der Waals surface area contributed by atoms with Crippen LogP contribution in [-0.2, 0) is 4.79 Å². The van der Waals surface area contributed by atoms with E-state index in [0.717, 1.165) is 0 Å². The summed E-state index contributed by atoms with van der Waals surface area (Å²) in [6.45, 7) is 8.08. The Morgan fingerprint density at radius 2 is 1.95 bits per heavy atom.